The van der Waals surface area contributed by atoms with E-state index in [1.165, 1.54) is 15.3 Å². The Hall–Kier alpha value is -1.88. The Bertz CT molecular complexity index is 662. The summed E-state index contributed by atoms with van der Waals surface area (Å²) in [6.07, 6.45) is 0. The number of nitrogens with one attached hydrogen (secondary N) is 1. The summed E-state index contributed by atoms with van der Waals surface area (Å²) in [6, 6.07) is 5.60. The molecule has 0 fully saturated rings. The molecule has 1 heterocycles. The van der Waals surface area contributed by atoms with Crippen LogP contribution in [0.2, 0.25) is 0 Å². The van der Waals surface area contributed by atoms with Gasteiger partial charge in [0.25, 0.3) is 5.69 Å². The van der Waals surface area contributed by atoms with E-state index in [1.807, 2.05) is 19.9 Å². The van der Waals surface area contributed by atoms with Crippen LogP contribution in [0.5, 0.6) is 0 Å². The Kier molecular flexibility index (Phi) is 4.09. The van der Waals surface area contributed by atoms with Crippen molar-refractivity contribution in [3.8, 4) is 0 Å². The van der Waals surface area contributed by atoms with Gasteiger partial charge < -0.3 is 5.32 Å². The molecule has 0 spiro atoms. The summed E-state index contributed by atoms with van der Waals surface area (Å²) in [5, 5.41) is 14.3. The molecule has 106 valence electrons. The number of nitro groups is 1. The molecule has 0 saturated heterocycles. The fourth-order valence-corrected chi connectivity index (χ4v) is 3.09. The van der Waals surface area contributed by atoms with E-state index in [-0.39, 0.29) is 10.6 Å². The zero-order chi connectivity index (χ0) is 14.9. The third-order valence-electron chi connectivity index (χ3n) is 3.42. The highest BCUT2D eigenvalue weighted by Gasteiger charge is 2.15. The Morgan fingerprint density at radius 3 is 2.35 bits per heavy atom. The van der Waals surface area contributed by atoms with Gasteiger partial charge in [0.05, 0.1) is 4.92 Å². The minimum absolute atomic E-state index is 0.137. The van der Waals surface area contributed by atoms with Gasteiger partial charge in [0, 0.05) is 22.4 Å². The quantitative estimate of drug-likeness (QED) is 0.666. The number of hydrogen-bond donors (Lipinski definition) is 1. The van der Waals surface area contributed by atoms with Crippen LogP contribution in [-0.4, -0.2) is 4.92 Å². The van der Waals surface area contributed by atoms with Crippen LogP contribution in [0.4, 0.5) is 11.4 Å². The molecule has 1 aromatic heterocycles. The summed E-state index contributed by atoms with van der Waals surface area (Å²) in [5.41, 5.74) is 3.90. The highest BCUT2D eigenvalue weighted by atomic mass is 32.1. The maximum Gasteiger partial charge on any atom is 0.292 e. The van der Waals surface area contributed by atoms with Gasteiger partial charge in [-0.1, -0.05) is 0 Å². The molecule has 0 saturated carbocycles. The van der Waals surface area contributed by atoms with Crippen molar-refractivity contribution >= 4 is 22.7 Å². The molecule has 2 aromatic rings. The SMILES string of the molecule is Cc1cc(CNc2cc(C)c(C)cc2[N+](=O)[O-])c(C)s1. The van der Waals surface area contributed by atoms with Crippen LogP contribution in [0.25, 0.3) is 0 Å². The monoisotopic (exact) mass is 290 g/mol. The summed E-state index contributed by atoms with van der Waals surface area (Å²) in [7, 11) is 0. The summed E-state index contributed by atoms with van der Waals surface area (Å²) < 4.78 is 0. The van der Waals surface area contributed by atoms with Crippen LogP contribution >= 0.6 is 11.3 Å². The number of nitrogens with zero attached hydrogens (tertiary/aromatic N) is 1. The Labute approximate surface area is 122 Å². The van der Waals surface area contributed by atoms with Crippen molar-refractivity contribution < 1.29 is 4.92 Å². The lowest BCUT2D eigenvalue weighted by Crippen LogP contribution is -2.04. The third-order valence-corrected chi connectivity index (χ3v) is 4.43. The average Bonchev–Trinajstić information content (AvgIpc) is 2.68. The topological polar surface area (TPSA) is 55.2 Å². The van der Waals surface area contributed by atoms with Crippen LogP contribution in [0.3, 0.4) is 0 Å². The number of benzene rings is 1. The predicted octanol–water partition coefficient (Wildman–Crippen LogP) is 4.50. The van der Waals surface area contributed by atoms with E-state index in [0.717, 1.165) is 11.1 Å². The molecule has 0 amide bonds. The molecule has 1 aromatic carbocycles. The standard InChI is InChI=1S/C15H18N2O2S/c1-9-5-14(15(17(18)19)6-10(9)2)16-8-13-7-11(3)20-12(13)4/h5-7,16H,8H2,1-4H3. The van der Waals surface area contributed by atoms with Crippen LogP contribution < -0.4 is 5.32 Å². The molecule has 0 bridgehead atoms. The van der Waals surface area contributed by atoms with Crippen molar-refractivity contribution in [2.24, 2.45) is 0 Å². The molecular formula is C15H18N2O2S. The van der Waals surface area contributed by atoms with E-state index < -0.39 is 0 Å². The van der Waals surface area contributed by atoms with Gasteiger partial charge >= 0.3 is 0 Å². The van der Waals surface area contributed by atoms with E-state index in [2.05, 4.69) is 25.2 Å². The Balaban J connectivity index is 2.27. The van der Waals surface area contributed by atoms with Gasteiger partial charge in [-0.15, -0.1) is 11.3 Å². The Morgan fingerprint density at radius 1 is 1.15 bits per heavy atom. The first-order chi connectivity index (χ1) is 9.38. The first-order valence-electron chi connectivity index (χ1n) is 6.44. The van der Waals surface area contributed by atoms with Crippen molar-refractivity contribution in [3.63, 3.8) is 0 Å². The summed E-state index contributed by atoms with van der Waals surface area (Å²) in [5.74, 6) is 0. The molecule has 1 N–H and O–H groups in total. The lowest BCUT2D eigenvalue weighted by Gasteiger charge is -2.09. The number of rotatable bonds is 4. The second-order valence-electron chi connectivity index (χ2n) is 5.00. The molecule has 0 radical (unpaired) electrons. The minimum atomic E-state index is -0.333. The molecule has 0 aliphatic carbocycles. The van der Waals surface area contributed by atoms with Crippen molar-refractivity contribution in [1.82, 2.24) is 0 Å². The first-order valence-corrected chi connectivity index (χ1v) is 7.25. The normalized spacial score (nSPS) is 10.6. The lowest BCUT2D eigenvalue weighted by atomic mass is 10.1. The van der Waals surface area contributed by atoms with Gasteiger partial charge in [0.1, 0.15) is 5.69 Å². The third kappa shape index (κ3) is 2.99. The fourth-order valence-electron chi connectivity index (χ4n) is 2.14. The van der Waals surface area contributed by atoms with Crippen LogP contribution in [0.1, 0.15) is 26.4 Å². The van der Waals surface area contributed by atoms with Gasteiger partial charge in [0.2, 0.25) is 0 Å². The van der Waals surface area contributed by atoms with Crippen molar-refractivity contribution in [3.05, 3.63) is 54.8 Å². The van der Waals surface area contributed by atoms with Gasteiger partial charge in [-0.05, 0) is 56.5 Å². The molecular weight excluding hydrogens is 272 g/mol. The summed E-state index contributed by atoms with van der Waals surface area (Å²) in [6.45, 7) is 8.60. The fraction of sp³-hybridized carbons (Fsp3) is 0.333. The van der Waals surface area contributed by atoms with Gasteiger partial charge in [-0.2, -0.15) is 0 Å². The highest BCUT2D eigenvalue weighted by molar-refractivity contribution is 7.12. The minimum Gasteiger partial charge on any atom is -0.375 e. The highest BCUT2D eigenvalue weighted by Crippen LogP contribution is 2.29. The average molecular weight is 290 g/mol. The van der Waals surface area contributed by atoms with Crippen molar-refractivity contribution in [2.45, 2.75) is 34.2 Å². The molecule has 0 unspecified atom stereocenters. The molecule has 4 nitrogen and oxygen atoms in total. The lowest BCUT2D eigenvalue weighted by molar-refractivity contribution is -0.384. The van der Waals surface area contributed by atoms with Gasteiger partial charge in [0.15, 0.2) is 0 Å². The molecule has 0 atom stereocenters. The molecule has 20 heavy (non-hydrogen) atoms. The van der Waals surface area contributed by atoms with Crippen molar-refractivity contribution in [1.29, 1.82) is 0 Å². The number of hydrogen-bond acceptors (Lipinski definition) is 4. The number of nitro benzene ring substituents is 1. The van der Waals surface area contributed by atoms with Gasteiger partial charge in [-0.3, -0.25) is 10.1 Å². The predicted molar refractivity (Wildman–Crippen MR) is 83.7 cm³/mol. The molecule has 0 aliphatic rings. The van der Waals surface area contributed by atoms with Crippen LogP contribution in [0, 0.1) is 37.8 Å². The zero-order valence-electron chi connectivity index (χ0n) is 12.1. The molecule has 2 rings (SSSR count). The summed E-state index contributed by atoms with van der Waals surface area (Å²) in [4.78, 5) is 13.3. The van der Waals surface area contributed by atoms with Crippen LogP contribution in [-0.2, 0) is 6.54 Å². The number of anilines is 1. The Morgan fingerprint density at radius 2 is 1.80 bits per heavy atom. The smallest absolute Gasteiger partial charge is 0.292 e. The summed E-state index contributed by atoms with van der Waals surface area (Å²) >= 11 is 1.75. The second-order valence-corrected chi connectivity index (χ2v) is 6.46. The van der Waals surface area contributed by atoms with Crippen molar-refractivity contribution in [2.75, 3.05) is 5.32 Å². The van der Waals surface area contributed by atoms with E-state index in [1.54, 1.807) is 17.4 Å². The van der Waals surface area contributed by atoms with E-state index in [0.29, 0.717) is 12.2 Å². The van der Waals surface area contributed by atoms with Crippen LogP contribution in [0.15, 0.2) is 18.2 Å². The second kappa shape index (κ2) is 5.63. The van der Waals surface area contributed by atoms with Gasteiger partial charge in [-0.25, -0.2) is 0 Å². The molecule has 5 heteroatoms. The zero-order valence-corrected chi connectivity index (χ0v) is 12.9. The first kappa shape index (κ1) is 14.5. The van der Waals surface area contributed by atoms with E-state index in [9.17, 15) is 10.1 Å². The maximum atomic E-state index is 11.1. The largest absolute Gasteiger partial charge is 0.375 e. The van der Waals surface area contributed by atoms with E-state index in [4.69, 9.17) is 0 Å². The molecule has 0 aliphatic heterocycles. The van der Waals surface area contributed by atoms with E-state index >= 15 is 0 Å². The number of thiophene rings is 1. The number of aryl methyl sites for hydroxylation is 4. The maximum absolute atomic E-state index is 11.1.